The first-order valence-electron chi connectivity index (χ1n) is 6.91. The Labute approximate surface area is 146 Å². The highest BCUT2D eigenvalue weighted by Gasteiger charge is 2.13. The first-order chi connectivity index (χ1) is 12.3. The molecule has 0 aliphatic heterocycles. The zero-order chi connectivity index (χ0) is 18.8. The van der Waals surface area contributed by atoms with E-state index in [1.54, 1.807) is 4.98 Å². The Morgan fingerprint density at radius 3 is 2.54 bits per heavy atom. The van der Waals surface area contributed by atoms with Gasteiger partial charge in [0.1, 0.15) is 23.2 Å². The number of nitrogens with one attached hydrogen (secondary N) is 2. The lowest BCUT2D eigenvalue weighted by molar-refractivity contribution is -0.116. The average Bonchev–Trinajstić information content (AvgIpc) is 3.00. The molecule has 1 amide bonds. The van der Waals surface area contributed by atoms with Crippen LogP contribution in [0.3, 0.4) is 0 Å². The van der Waals surface area contributed by atoms with Crippen molar-refractivity contribution in [3.05, 3.63) is 62.7 Å². The molecule has 2 aromatic heterocycles. The second-order valence-electron chi connectivity index (χ2n) is 4.98. The van der Waals surface area contributed by atoms with Crippen molar-refractivity contribution in [2.45, 2.75) is 6.54 Å². The summed E-state index contributed by atoms with van der Waals surface area (Å²) in [4.78, 5) is 36.1. The first kappa shape index (κ1) is 17.5. The van der Waals surface area contributed by atoms with Crippen LogP contribution in [-0.4, -0.2) is 25.7 Å². The van der Waals surface area contributed by atoms with E-state index in [-0.39, 0.29) is 15.7 Å². The number of rotatable bonds is 4. The molecule has 3 rings (SSSR count). The molecule has 0 aliphatic carbocycles. The summed E-state index contributed by atoms with van der Waals surface area (Å²) in [5.41, 5.74) is -2.01. The highest BCUT2D eigenvalue weighted by Crippen LogP contribution is 2.27. The third-order valence-electron chi connectivity index (χ3n) is 3.06. The number of aromatic nitrogens is 4. The van der Waals surface area contributed by atoms with Gasteiger partial charge in [-0.2, -0.15) is 4.39 Å². The third kappa shape index (κ3) is 3.85. The van der Waals surface area contributed by atoms with Gasteiger partial charge in [0, 0.05) is 11.6 Å². The minimum absolute atomic E-state index is 0.00705. The molecule has 0 atom stereocenters. The fraction of sp³-hybridized carbons (Fsp3) is 0.0714. The maximum Gasteiger partial charge on any atom is 0.328 e. The van der Waals surface area contributed by atoms with Crippen LogP contribution in [0.5, 0.6) is 0 Å². The van der Waals surface area contributed by atoms with Crippen molar-refractivity contribution < 1.29 is 18.0 Å². The van der Waals surface area contributed by atoms with Gasteiger partial charge in [0.25, 0.3) is 5.56 Å². The van der Waals surface area contributed by atoms with Gasteiger partial charge >= 0.3 is 5.69 Å². The van der Waals surface area contributed by atoms with Crippen molar-refractivity contribution in [3.63, 3.8) is 0 Å². The number of halogens is 3. The Bertz CT molecular complexity index is 1090. The molecular formula is C14H8F3N5O3S. The van der Waals surface area contributed by atoms with Gasteiger partial charge in [0.2, 0.25) is 16.9 Å². The molecule has 0 aliphatic rings. The largest absolute Gasteiger partial charge is 0.328 e. The number of amides is 1. The number of H-pyrrole nitrogens is 1. The summed E-state index contributed by atoms with van der Waals surface area (Å²) >= 11 is 0.845. The van der Waals surface area contributed by atoms with Crippen LogP contribution < -0.4 is 16.6 Å². The van der Waals surface area contributed by atoms with E-state index in [1.807, 2.05) is 0 Å². The molecule has 134 valence electrons. The number of benzene rings is 1. The summed E-state index contributed by atoms with van der Waals surface area (Å²) in [5.74, 6) is -3.55. The molecule has 1 aromatic carbocycles. The van der Waals surface area contributed by atoms with E-state index in [9.17, 15) is 27.6 Å². The summed E-state index contributed by atoms with van der Waals surface area (Å²) in [6.07, 6.45) is 0.599. The van der Waals surface area contributed by atoms with Crippen LogP contribution in [0.25, 0.3) is 10.6 Å². The molecule has 8 nitrogen and oxygen atoms in total. The van der Waals surface area contributed by atoms with Crippen LogP contribution in [0.1, 0.15) is 0 Å². The summed E-state index contributed by atoms with van der Waals surface area (Å²) in [6, 6.07) is 2.81. The molecule has 0 unspecified atom stereocenters. The molecule has 0 radical (unpaired) electrons. The topological polar surface area (TPSA) is 110 Å². The van der Waals surface area contributed by atoms with E-state index in [0.29, 0.717) is 16.8 Å². The maximum atomic E-state index is 13.2. The molecular weight excluding hydrogens is 375 g/mol. The monoisotopic (exact) mass is 383 g/mol. The number of carbonyl (C=O) groups is 1. The predicted molar refractivity (Wildman–Crippen MR) is 85.2 cm³/mol. The summed E-state index contributed by atoms with van der Waals surface area (Å²) in [7, 11) is 0. The Kier molecular flexibility index (Phi) is 4.67. The van der Waals surface area contributed by atoms with Gasteiger partial charge in [-0.1, -0.05) is 11.3 Å². The molecule has 12 heteroatoms. The van der Waals surface area contributed by atoms with Crippen molar-refractivity contribution in [1.82, 2.24) is 19.7 Å². The second kappa shape index (κ2) is 6.92. The molecule has 2 N–H and O–H groups in total. The molecule has 26 heavy (non-hydrogen) atoms. The Balaban J connectivity index is 1.75. The number of nitrogens with zero attached hydrogens (tertiary/aromatic N) is 3. The lowest BCUT2D eigenvalue weighted by Gasteiger charge is -2.04. The summed E-state index contributed by atoms with van der Waals surface area (Å²) in [5, 5.41) is 9.86. The maximum absolute atomic E-state index is 13.2. The van der Waals surface area contributed by atoms with Crippen molar-refractivity contribution in [2.24, 2.45) is 0 Å². The van der Waals surface area contributed by atoms with Gasteiger partial charge < -0.3 is 0 Å². The van der Waals surface area contributed by atoms with Crippen molar-refractivity contribution in [1.29, 1.82) is 0 Å². The fourth-order valence-electron chi connectivity index (χ4n) is 1.98. The van der Waals surface area contributed by atoms with Gasteiger partial charge in [0.15, 0.2) is 0 Å². The molecule has 0 fully saturated rings. The zero-order valence-electron chi connectivity index (χ0n) is 12.6. The Morgan fingerprint density at radius 1 is 1.15 bits per heavy atom. The van der Waals surface area contributed by atoms with Crippen LogP contribution >= 0.6 is 11.3 Å². The zero-order valence-corrected chi connectivity index (χ0v) is 13.4. The minimum Gasteiger partial charge on any atom is -0.299 e. The summed E-state index contributed by atoms with van der Waals surface area (Å²) in [6.45, 7) is -0.587. The predicted octanol–water partition coefficient (Wildman–Crippen LogP) is 1.11. The van der Waals surface area contributed by atoms with Crippen molar-refractivity contribution in [3.8, 4) is 10.6 Å². The van der Waals surface area contributed by atoms with Crippen LogP contribution in [0, 0.1) is 17.5 Å². The van der Waals surface area contributed by atoms with Crippen LogP contribution in [0.15, 0.2) is 34.0 Å². The van der Waals surface area contributed by atoms with Crippen LogP contribution in [0.2, 0.25) is 0 Å². The quantitative estimate of drug-likeness (QED) is 0.701. The molecule has 0 saturated heterocycles. The van der Waals surface area contributed by atoms with Crippen LogP contribution in [0.4, 0.5) is 18.3 Å². The lowest BCUT2D eigenvalue weighted by atomic mass is 10.2. The Hall–Kier alpha value is -3.28. The van der Waals surface area contributed by atoms with E-state index in [2.05, 4.69) is 15.5 Å². The van der Waals surface area contributed by atoms with Crippen molar-refractivity contribution in [2.75, 3.05) is 5.32 Å². The first-order valence-corrected chi connectivity index (χ1v) is 7.72. The molecule has 2 heterocycles. The Morgan fingerprint density at radius 2 is 1.85 bits per heavy atom. The van der Waals surface area contributed by atoms with E-state index < -0.39 is 41.2 Å². The standard InChI is InChI=1S/C14H8F3N5O3S/c15-7-1-6(2-8(16)3-7)12-20-21-13(26-12)18-10(23)5-22-4-9(17)11(24)19-14(22)25/h1-4H,5H2,(H,18,21,23)(H,19,24,25). The second-order valence-corrected chi connectivity index (χ2v) is 5.96. The fourth-order valence-corrected chi connectivity index (χ4v) is 2.73. The highest BCUT2D eigenvalue weighted by molar-refractivity contribution is 7.18. The van der Waals surface area contributed by atoms with E-state index in [0.717, 1.165) is 23.5 Å². The molecule has 3 aromatic rings. The van der Waals surface area contributed by atoms with Gasteiger partial charge in [-0.25, -0.2) is 13.6 Å². The SMILES string of the molecule is O=C(Cn1cc(F)c(=O)[nH]c1=O)Nc1nnc(-c2cc(F)cc(F)c2)s1. The van der Waals surface area contributed by atoms with Crippen molar-refractivity contribution >= 4 is 22.4 Å². The van der Waals surface area contributed by atoms with Gasteiger partial charge in [0.05, 0.1) is 6.20 Å². The molecule has 0 saturated carbocycles. The van der Waals surface area contributed by atoms with E-state index in [4.69, 9.17) is 0 Å². The number of anilines is 1. The average molecular weight is 383 g/mol. The number of hydrogen-bond donors (Lipinski definition) is 2. The third-order valence-corrected chi connectivity index (χ3v) is 3.95. The van der Waals surface area contributed by atoms with E-state index >= 15 is 0 Å². The van der Waals surface area contributed by atoms with Crippen LogP contribution in [-0.2, 0) is 11.3 Å². The smallest absolute Gasteiger partial charge is 0.299 e. The number of carbonyl (C=O) groups excluding carboxylic acids is 1. The number of aromatic amines is 1. The van der Waals surface area contributed by atoms with Gasteiger partial charge in [-0.3, -0.25) is 24.5 Å². The minimum atomic E-state index is -1.22. The summed E-state index contributed by atoms with van der Waals surface area (Å²) < 4.78 is 40.3. The normalized spacial score (nSPS) is 10.7. The number of hydrogen-bond acceptors (Lipinski definition) is 6. The highest BCUT2D eigenvalue weighted by atomic mass is 32.1. The van der Waals surface area contributed by atoms with Gasteiger partial charge in [-0.15, -0.1) is 10.2 Å². The van der Waals surface area contributed by atoms with E-state index in [1.165, 1.54) is 0 Å². The molecule has 0 spiro atoms. The van der Waals surface area contributed by atoms with Gasteiger partial charge in [-0.05, 0) is 12.1 Å². The lowest BCUT2D eigenvalue weighted by Crippen LogP contribution is -2.34. The molecule has 0 bridgehead atoms.